The van der Waals surface area contributed by atoms with E-state index in [1.54, 1.807) is 12.1 Å². The normalized spacial score (nSPS) is 10.7. The number of non-ortho nitro benzene ring substituents is 1. The fourth-order valence-electron chi connectivity index (χ4n) is 2.09. The summed E-state index contributed by atoms with van der Waals surface area (Å²) in [5.74, 6) is 0.732. The number of hydrogen-bond acceptors (Lipinski definition) is 3. The van der Waals surface area contributed by atoms with Gasteiger partial charge in [-0.1, -0.05) is 36.4 Å². The summed E-state index contributed by atoms with van der Waals surface area (Å²) in [6, 6.07) is 14.8. The molecule has 0 aliphatic heterocycles. The molecule has 0 saturated carbocycles. The summed E-state index contributed by atoms with van der Waals surface area (Å²) in [4.78, 5) is 18.0. The minimum absolute atomic E-state index is 0.0352. The molecule has 0 spiro atoms. The van der Waals surface area contributed by atoms with E-state index >= 15 is 0 Å². The number of fused-ring (bicyclic) bond motifs is 1. The van der Waals surface area contributed by atoms with Crippen LogP contribution in [0.1, 0.15) is 11.4 Å². The van der Waals surface area contributed by atoms with E-state index in [0.717, 1.165) is 11.4 Å². The molecule has 0 bridgehead atoms. The van der Waals surface area contributed by atoms with Gasteiger partial charge in [-0.15, -0.1) is 0 Å². The summed E-state index contributed by atoms with van der Waals surface area (Å²) in [6.07, 6.45) is 0.632. The Morgan fingerprint density at radius 3 is 2.63 bits per heavy atom. The van der Waals surface area contributed by atoms with Crippen LogP contribution in [-0.4, -0.2) is 14.9 Å². The first kappa shape index (κ1) is 11.4. The van der Waals surface area contributed by atoms with Gasteiger partial charge in [-0.2, -0.15) is 0 Å². The van der Waals surface area contributed by atoms with E-state index in [4.69, 9.17) is 0 Å². The third-order valence-corrected chi connectivity index (χ3v) is 2.95. The predicted molar refractivity (Wildman–Crippen MR) is 72.0 cm³/mol. The third kappa shape index (κ3) is 2.18. The van der Waals surface area contributed by atoms with Crippen molar-refractivity contribution in [1.82, 2.24) is 9.97 Å². The van der Waals surface area contributed by atoms with Crippen LogP contribution in [0.3, 0.4) is 0 Å². The van der Waals surface area contributed by atoms with Gasteiger partial charge in [0, 0.05) is 12.5 Å². The smallest absolute Gasteiger partial charge is 0.297 e. The lowest BCUT2D eigenvalue weighted by atomic mass is 10.1. The molecule has 0 aliphatic rings. The average molecular weight is 253 g/mol. The van der Waals surface area contributed by atoms with Crippen LogP contribution in [0.15, 0.2) is 48.5 Å². The summed E-state index contributed by atoms with van der Waals surface area (Å²) >= 11 is 0. The Morgan fingerprint density at radius 1 is 1.11 bits per heavy atom. The van der Waals surface area contributed by atoms with Crippen LogP contribution in [0.4, 0.5) is 5.69 Å². The molecule has 0 amide bonds. The van der Waals surface area contributed by atoms with Crippen LogP contribution in [-0.2, 0) is 6.42 Å². The molecule has 0 saturated heterocycles. The maximum atomic E-state index is 10.9. The molecule has 0 unspecified atom stereocenters. The number of aromatic amines is 1. The maximum absolute atomic E-state index is 10.9. The Bertz CT molecular complexity index is 735. The third-order valence-electron chi connectivity index (χ3n) is 2.95. The number of nitrogens with one attached hydrogen (secondary N) is 1. The molecule has 3 rings (SSSR count). The van der Waals surface area contributed by atoms with Crippen molar-refractivity contribution in [2.45, 2.75) is 6.42 Å². The number of benzene rings is 2. The van der Waals surface area contributed by atoms with Crippen LogP contribution >= 0.6 is 0 Å². The Labute approximate surface area is 109 Å². The summed E-state index contributed by atoms with van der Waals surface area (Å²) in [7, 11) is 0. The van der Waals surface area contributed by atoms with E-state index in [-0.39, 0.29) is 5.69 Å². The van der Waals surface area contributed by atoms with Crippen LogP contribution in [0.2, 0.25) is 0 Å². The van der Waals surface area contributed by atoms with Gasteiger partial charge < -0.3 is 4.98 Å². The van der Waals surface area contributed by atoms with Crippen molar-refractivity contribution in [3.63, 3.8) is 0 Å². The van der Waals surface area contributed by atoms with Gasteiger partial charge in [0.2, 0.25) is 0 Å². The van der Waals surface area contributed by atoms with Crippen LogP contribution in [0, 0.1) is 10.1 Å². The first-order chi connectivity index (χ1) is 9.24. The van der Waals surface area contributed by atoms with Crippen molar-refractivity contribution in [2.24, 2.45) is 0 Å². The topological polar surface area (TPSA) is 71.8 Å². The van der Waals surface area contributed by atoms with E-state index in [2.05, 4.69) is 9.97 Å². The van der Waals surface area contributed by atoms with Crippen molar-refractivity contribution in [3.05, 3.63) is 70.0 Å². The number of nitrogens with zero attached hydrogens (tertiary/aromatic N) is 2. The van der Waals surface area contributed by atoms with E-state index in [1.807, 2.05) is 30.3 Å². The largest absolute Gasteiger partial charge is 0.341 e. The summed E-state index contributed by atoms with van der Waals surface area (Å²) < 4.78 is 0. The number of para-hydroxylation sites is 1. The number of H-pyrrole nitrogens is 1. The number of aromatic nitrogens is 2. The monoisotopic (exact) mass is 253 g/mol. The Balaban J connectivity index is 2.03. The molecule has 1 aromatic heterocycles. The van der Waals surface area contributed by atoms with E-state index in [1.165, 1.54) is 6.07 Å². The molecule has 0 atom stereocenters. The molecule has 1 heterocycles. The first-order valence-electron chi connectivity index (χ1n) is 5.90. The lowest BCUT2D eigenvalue weighted by Gasteiger charge is -1.96. The minimum Gasteiger partial charge on any atom is -0.341 e. The van der Waals surface area contributed by atoms with Crippen LogP contribution in [0.5, 0.6) is 0 Å². The number of hydrogen-bond donors (Lipinski definition) is 1. The van der Waals surface area contributed by atoms with Gasteiger partial charge in [0.25, 0.3) is 5.69 Å². The molecule has 3 aromatic rings. The SMILES string of the molecule is O=[N+]([O-])c1cccc2[nH]c(Cc3ccccc3)nc12. The Hall–Kier alpha value is -2.69. The van der Waals surface area contributed by atoms with Crippen molar-refractivity contribution in [3.8, 4) is 0 Å². The maximum Gasteiger partial charge on any atom is 0.297 e. The standard InChI is InChI=1S/C14H11N3O2/c18-17(19)12-8-4-7-11-14(12)16-13(15-11)9-10-5-2-1-3-6-10/h1-8H,9H2,(H,15,16). The van der Waals surface area contributed by atoms with Crippen LogP contribution in [0.25, 0.3) is 11.0 Å². The second kappa shape index (κ2) is 4.53. The number of rotatable bonds is 3. The van der Waals surface area contributed by atoms with E-state index in [9.17, 15) is 10.1 Å². The van der Waals surface area contributed by atoms with Gasteiger partial charge >= 0.3 is 0 Å². The fraction of sp³-hybridized carbons (Fsp3) is 0.0714. The highest BCUT2D eigenvalue weighted by atomic mass is 16.6. The Morgan fingerprint density at radius 2 is 1.89 bits per heavy atom. The highest BCUT2D eigenvalue weighted by molar-refractivity contribution is 5.84. The highest BCUT2D eigenvalue weighted by Gasteiger charge is 2.15. The summed E-state index contributed by atoms with van der Waals surface area (Å²) in [5.41, 5.74) is 2.26. The number of nitro groups is 1. The molecule has 0 aliphatic carbocycles. The van der Waals surface area contributed by atoms with Crippen molar-refractivity contribution in [2.75, 3.05) is 0 Å². The van der Waals surface area contributed by atoms with Gasteiger partial charge in [0.1, 0.15) is 5.82 Å². The predicted octanol–water partition coefficient (Wildman–Crippen LogP) is 3.06. The zero-order valence-corrected chi connectivity index (χ0v) is 10.0. The summed E-state index contributed by atoms with van der Waals surface area (Å²) in [5, 5.41) is 10.9. The number of imidazole rings is 1. The van der Waals surface area contributed by atoms with Crippen molar-refractivity contribution < 1.29 is 4.92 Å². The number of nitro benzene ring substituents is 1. The average Bonchev–Trinajstić information content (AvgIpc) is 2.81. The second-order valence-corrected chi connectivity index (χ2v) is 4.28. The molecule has 94 valence electrons. The summed E-state index contributed by atoms with van der Waals surface area (Å²) in [6.45, 7) is 0. The molecular weight excluding hydrogens is 242 g/mol. The van der Waals surface area contributed by atoms with Gasteiger partial charge in [-0.05, 0) is 11.6 Å². The molecule has 0 fully saturated rings. The second-order valence-electron chi connectivity index (χ2n) is 4.28. The van der Waals surface area contributed by atoms with Gasteiger partial charge in [0.15, 0.2) is 5.52 Å². The molecular formula is C14H11N3O2. The zero-order chi connectivity index (χ0) is 13.2. The fourth-order valence-corrected chi connectivity index (χ4v) is 2.09. The molecule has 19 heavy (non-hydrogen) atoms. The zero-order valence-electron chi connectivity index (χ0n) is 10.0. The lowest BCUT2D eigenvalue weighted by molar-refractivity contribution is -0.383. The van der Waals surface area contributed by atoms with Gasteiger partial charge in [-0.25, -0.2) is 4.98 Å². The van der Waals surface area contributed by atoms with Crippen molar-refractivity contribution in [1.29, 1.82) is 0 Å². The van der Waals surface area contributed by atoms with E-state index < -0.39 is 4.92 Å². The quantitative estimate of drug-likeness (QED) is 0.576. The molecule has 5 nitrogen and oxygen atoms in total. The highest BCUT2D eigenvalue weighted by Crippen LogP contribution is 2.23. The van der Waals surface area contributed by atoms with Crippen molar-refractivity contribution >= 4 is 16.7 Å². The van der Waals surface area contributed by atoms with Gasteiger partial charge in [-0.3, -0.25) is 10.1 Å². The molecule has 1 N–H and O–H groups in total. The van der Waals surface area contributed by atoms with E-state index in [0.29, 0.717) is 17.5 Å². The first-order valence-corrected chi connectivity index (χ1v) is 5.90. The molecule has 2 aromatic carbocycles. The minimum atomic E-state index is -0.407. The van der Waals surface area contributed by atoms with Crippen LogP contribution < -0.4 is 0 Å². The molecule has 0 radical (unpaired) electrons. The Kier molecular flexibility index (Phi) is 2.72. The lowest BCUT2D eigenvalue weighted by Crippen LogP contribution is -1.90. The molecule has 5 heteroatoms. The van der Waals surface area contributed by atoms with Gasteiger partial charge in [0.05, 0.1) is 10.4 Å².